The number of hydrogen-bond acceptors (Lipinski definition) is 4. The third-order valence-corrected chi connectivity index (χ3v) is 4.91. The van der Waals surface area contributed by atoms with Crippen molar-refractivity contribution in [3.8, 4) is 11.4 Å². The Kier molecular flexibility index (Phi) is 3.47. The Hall–Kier alpha value is -3.60. The molecule has 5 rings (SSSR count). The van der Waals surface area contributed by atoms with Crippen molar-refractivity contribution in [3.05, 3.63) is 94.3 Å². The smallest absolute Gasteiger partial charge is 0.280 e. The molecule has 2 N–H and O–H groups in total. The maximum absolute atomic E-state index is 13.2. The monoisotopic (exact) mass is 354 g/mol. The second-order valence-electron chi connectivity index (χ2n) is 6.76. The summed E-state index contributed by atoms with van der Waals surface area (Å²) in [5.74, 6) is 0.608. The van der Waals surface area contributed by atoms with Gasteiger partial charge in [-0.25, -0.2) is 9.66 Å². The van der Waals surface area contributed by atoms with Crippen molar-refractivity contribution in [3.63, 3.8) is 0 Å². The van der Waals surface area contributed by atoms with Crippen LogP contribution in [0.4, 0.5) is 5.69 Å². The zero-order chi connectivity index (χ0) is 18.4. The van der Waals surface area contributed by atoms with Crippen LogP contribution in [0.2, 0.25) is 0 Å². The first kappa shape index (κ1) is 15.6. The molecule has 1 atom stereocenters. The lowest BCUT2D eigenvalue weighted by Gasteiger charge is -2.21. The van der Waals surface area contributed by atoms with Crippen LogP contribution >= 0.6 is 0 Å². The minimum Gasteiger partial charge on any atom is -0.360 e. The van der Waals surface area contributed by atoms with E-state index in [1.54, 1.807) is 4.68 Å². The van der Waals surface area contributed by atoms with Crippen LogP contribution in [0.5, 0.6) is 0 Å². The van der Waals surface area contributed by atoms with Gasteiger partial charge in [0.2, 0.25) is 0 Å². The second kappa shape index (κ2) is 5.99. The number of fused-ring (bicyclic) bond motifs is 4. The summed E-state index contributed by atoms with van der Waals surface area (Å²) in [6, 6.07) is 23.6. The van der Waals surface area contributed by atoms with E-state index in [1.165, 1.54) is 5.56 Å². The van der Waals surface area contributed by atoms with Crippen LogP contribution in [0, 0.1) is 6.92 Å². The molecule has 1 aliphatic heterocycles. The highest BCUT2D eigenvalue weighted by Gasteiger charge is 2.23. The van der Waals surface area contributed by atoms with Gasteiger partial charge >= 0.3 is 0 Å². The molecule has 1 unspecified atom stereocenters. The molecule has 0 fully saturated rings. The summed E-state index contributed by atoms with van der Waals surface area (Å²) in [7, 11) is 0. The van der Waals surface area contributed by atoms with Crippen LogP contribution < -0.4 is 16.3 Å². The average molecular weight is 354 g/mol. The van der Waals surface area contributed by atoms with E-state index in [0.29, 0.717) is 16.7 Å². The molecule has 0 saturated carbocycles. The summed E-state index contributed by atoms with van der Waals surface area (Å²) < 4.78 is 1.56. The zero-order valence-electron chi connectivity index (χ0n) is 14.8. The number of aryl methyl sites for hydroxylation is 1. The minimum absolute atomic E-state index is 0.105. The van der Waals surface area contributed by atoms with Gasteiger partial charge in [-0.1, -0.05) is 54.1 Å². The predicted octanol–water partition coefficient (Wildman–Crippen LogP) is 4.04. The van der Waals surface area contributed by atoms with Gasteiger partial charge < -0.3 is 5.32 Å². The van der Waals surface area contributed by atoms with Crippen molar-refractivity contribution in [2.24, 2.45) is 0 Å². The molecule has 1 aromatic heterocycles. The van der Waals surface area contributed by atoms with Gasteiger partial charge in [-0.05, 0) is 36.8 Å². The molecule has 3 aromatic carbocycles. The predicted molar refractivity (Wildman–Crippen MR) is 108 cm³/mol. The maximum Gasteiger partial charge on any atom is 0.280 e. The van der Waals surface area contributed by atoms with Gasteiger partial charge in [-0.3, -0.25) is 10.2 Å². The molecular formula is C22H18N4O. The van der Waals surface area contributed by atoms with Gasteiger partial charge in [0.25, 0.3) is 5.56 Å². The van der Waals surface area contributed by atoms with Gasteiger partial charge in [-0.2, -0.15) is 0 Å². The summed E-state index contributed by atoms with van der Waals surface area (Å²) in [5.41, 5.74) is 7.98. The summed E-state index contributed by atoms with van der Waals surface area (Å²) in [6.45, 7) is 2.06. The van der Waals surface area contributed by atoms with E-state index in [2.05, 4.69) is 41.9 Å². The second-order valence-corrected chi connectivity index (χ2v) is 6.76. The number of para-hydroxylation sites is 2. The molecule has 0 radical (unpaired) electrons. The zero-order valence-corrected chi connectivity index (χ0v) is 14.8. The Labute approximate surface area is 156 Å². The molecule has 5 heteroatoms. The first-order chi connectivity index (χ1) is 13.2. The van der Waals surface area contributed by atoms with Crippen LogP contribution in [0.3, 0.4) is 0 Å². The number of rotatable bonds is 1. The average Bonchev–Trinajstić information content (AvgIpc) is 2.86. The van der Waals surface area contributed by atoms with Crippen LogP contribution in [-0.4, -0.2) is 9.66 Å². The minimum atomic E-state index is -0.256. The Bertz CT molecular complexity index is 1210. The van der Waals surface area contributed by atoms with Gasteiger partial charge in [-0.15, -0.1) is 0 Å². The lowest BCUT2D eigenvalue weighted by atomic mass is 10.1. The molecule has 0 aliphatic carbocycles. The molecule has 27 heavy (non-hydrogen) atoms. The highest BCUT2D eigenvalue weighted by atomic mass is 16.1. The third-order valence-electron chi connectivity index (χ3n) is 4.91. The maximum atomic E-state index is 13.2. The van der Waals surface area contributed by atoms with Crippen molar-refractivity contribution < 1.29 is 0 Å². The molecule has 0 bridgehead atoms. The number of hydrogen-bond donors (Lipinski definition) is 2. The first-order valence-electron chi connectivity index (χ1n) is 8.91. The molecule has 5 nitrogen and oxygen atoms in total. The molecular weight excluding hydrogens is 336 g/mol. The fourth-order valence-corrected chi connectivity index (χ4v) is 3.47. The fraction of sp³-hybridized carbons (Fsp3) is 0.0909. The van der Waals surface area contributed by atoms with E-state index >= 15 is 0 Å². The van der Waals surface area contributed by atoms with E-state index in [1.807, 2.05) is 48.5 Å². The lowest BCUT2D eigenvalue weighted by molar-refractivity contribution is 0.726. The van der Waals surface area contributed by atoms with Gasteiger partial charge in [0, 0.05) is 11.3 Å². The molecule has 2 heterocycles. The molecule has 0 amide bonds. The molecule has 132 valence electrons. The SMILES string of the molecule is Cc1ccc(C2Nc3ccccc3-c3nc4ccccc4c(=O)n3N2)cc1. The van der Waals surface area contributed by atoms with Crippen LogP contribution in [0.15, 0.2) is 77.6 Å². The highest BCUT2D eigenvalue weighted by Crippen LogP contribution is 2.32. The summed E-state index contributed by atoms with van der Waals surface area (Å²) >= 11 is 0. The van der Waals surface area contributed by atoms with Crippen molar-refractivity contribution in [1.29, 1.82) is 0 Å². The van der Waals surface area contributed by atoms with Crippen molar-refractivity contribution in [1.82, 2.24) is 9.66 Å². The van der Waals surface area contributed by atoms with E-state index in [0.717, 1.165) is 16.8 Å². The van der Waals surface area contributed by atoms with Crippen LogP contribution in [0.1, 0.15) is 17.3 Å². The van der Waals surface area contributed by atoms with E-state index in [4.69, 9.17) is 4.98 Å². The van der Waals surface area contributed by atoms with E-state index < -0.39 is 0 Å². The quantitative estimate of drug-likeness (QED) is 0.542. The lowest BCUT2D eigenvalue weighted by Crippen LogP contribution is -2.34. The topological polar surface area (TPSA) is 59.0 Å². The Morgan fingerprint density at radius 1 is 0.926 bits per heavy atom. The normalized spacial score (nSPS) is 15.2. The summed E-state index contributed by atoms with van der Waals surface area (Å²) in [5, 5.41) is 4.11. The number of nitrogens with one attached hydrogen (secondary N) is 2. The van der Waals surface area contributed by atoms with Gasteiger partial charge in [0.15, 0.2) is 5.82 Å². The Balaban J connectivity index is 1.78. The Morgan fingerprint density at radius 3 is 2.52 bits per heavy atom. The van der Waals surface area contributed by atoms with Crippen LogP contribution in [0.25, 0.3) is 22.3 Å². The highest BCUT2D eigenvalue weighted by molar-refractivity contribution is 5.83. The number of aromatic nitrogens is 2. The number of benzene rings is 3. The van der Waals surface area contributed by atoms with E-state index in [9.17, 15) is 4.79 Å². The first-order valence-corrected chi connectivity index (χ1v) is 8.91. The molecule has 1 aliphatic rings. The Morgan fingerprint density at radius 2 is 1.67 bits per heavy atom. The van der Waals surface area contributed by atoms with Crippen molar-refractivity contribution in [2.45, 2.75) is 13.1 Å². The van der Waals surface area contributed by atoms with Gasteiger partial charge in [0.1, 0.15) is 6.17 Å². The third kappa shape index (κ3) is 2.56. The number of nitrogens with zero attached hydrogens (tertiary/aromatic N) is 2. The molecule has 4 aromatic rings. The van der Waals surface area contributed by atoms with Crippen molar-refractivity contribution >= 4 is 16.6 Å². The van der Waals surface area contributed by atoms with Crippen LogP contribution in [-0.2, 0) is 0 Å². The standard InChI is InChI=1S/C22H18N4O/c1-14-10-12-15(13-11-14)20-23-18-8-4-2-6-16(18)21-24-19-9-5-3-7-17(19)22(27)26(21)25-20/h2-13,20,23,25H,1H3. The largest absolute Gasteiger partial charge is 0.360 e. The molecule has 0 spiro atoms. The number of anilines is 1. The molecule has 0 saturated heterocycles. The van der Waals surface area contributed by atoms with E-state index in [-0.39, 0.29) is 11.7 Å². The van der Waals surface area contributed by atoms with Crippen molar-refractivity contribution in [2.75, 3.05) is 10.7 Å². The fourth-order valence-electron chi connectivity index (χ4n) is 3.47. The summed E-state index contributed by atoms with van der Waals surface area (Å²) in [6.07, 6.45) is -0.256. The van der Waals surface area contributed by atoms with Gasteiger partial charge in [0.05, 0.1) is 10.9 Å². The summed E-state index contributed by atoms with van der Waals surface area (Å²) in [4.78, 5) is 18.0.